The molecule has 0 saturated carbocycles. The lowest BCUT2D eigenvalue weighted by molar-refractivity contribution is -0.125. The van der Waals surface area contributed by atoms with Gasteiger partial charge in [-0.05, 0) is 0 Å². The van der Waals surface area contributed by atoms with Gasteiger partial charge >= 0.3 is 6.09 Å². The Bertz CT molecular complexity index is 280. The van der Waals surface area contributed by atoms with Crippen LogP contribution in [0.2, 0.25) is 0 Å². The van der Waals surface area contributed by atoms with Gasteiger partial charge in [-0.15, -0.1) is 6.42 Å². The summed E-state index contributed by atoms with van der Waals surface area (Å²) in [5.41, 5.74) is 0. The van der Waals surface area contributed by atoms with Gasteiger partial charge < -0.3 is 9.64 Å². The minimum atomic E-state index is -0.428. The van der Waals surface area contributed by atoms with Crippen molar-refractivity contribution in [2.75, 3.05) is 19.7 Å². The van der Waals surface area contributed by atoms with E-state index in [0.717, 1.165) is 0 Å². The lowest BCUT2D eigenvalue weighted by Crippen LogP contribution is -2.43. The molecule has 1 saturated heterocycles. The first kappa shape index (κ1) is 10.6. The van der Waals surface area contributed by atoms with Crippen LogP contribution in [0.15, 0.2) is 0 Å². The maximum atomic E-state index is 11.3. The number of nitrogens with zero attached hydrogens (tertiary/aromatic N) is 1. The van der Waals surface area contributed by atoms with Gasteiger partial charge in [0, 0.05) is 25.4 Å². The molecule has 0 N–H and O–H groups in total. The van der Waals surface area contributed by atoms with Crippen LogP contribution < -0.4 is 0 Å². The number of carbonyl (C=O) groups excluding carboxylic acids is 2. The number of ether oxygens (including phenoxy) is 1. The first-order valence-corrected chi connectivity index (χ1v) is 4.53. The summed E-state index contributed by atoms with van der Waals surface area (Å²) in [6, 6.07) is 0. The fourth-order valence-corrected chi connectivity index (χ4v) is 1.38. The fraction of sp³-hybridized carbons (Fsp3) is 0.600. The average Bonchev–Trinajstić information content (AvgIpc) is 2.18. The summed E-state index contributed by atoms with van der Waals surface area (Å²) in [6.07, 6.45) is 4.94. The van der Waals surface area contributed by atoms with E-state index in [4.69, 9.17) is 11.2 Å². The highest BCUT2D eigenvalue weighted by Crippen LogP contribution is 2.12. The Morgan fingerprint density at radius 1 is 1.79 bits per heavy atom. The number of Topliss-reactive ketones (excluding diaryl/α,β-unsaturated/α-hetero) is 1. The molecule has 1 amide bonds. The van der Waals surface area contributed by atoms with Crippen LogP contribution in [0.4, 0.5) is 4.79 Å². The van der Waals surface area contributed by atoms with Gasteiger partial charge in [-0.3, -0.25) is 4.79 Å². The van der Waals surface area contributed by atoms with Crippen LogP contribution in [0.1, 0.15) is 13.3 Å². The van der Waals surface area contributed by atoms with Crippen molar-refractivity contribution < 1.29 is 14.3 Å². The largest absolute Gasteiger partial charge is 0.436 e. The Balaban J connectivity index is 2.43. The smallest absolute Gasteiger partial charge is 0.410 e. The predicted molar refractivity (Wildman–Crippen MR) is 50.5 cm³/mol. The first-order chi connectivity index (χ1) is 6.65. The molecule has 0 aromatic rings. The van der Waals surface area contributed by atoms with E-state index in [1.54, 1.807) is 0 Å². The lowest BCUT2D eigenvalue weighted by Gasteiger charge is -2.28. The molecule has 0 aromatic heterocycles. The van der Waals surface area contributed by atoms with Crippen LogP contribution >= 0.6 is 0 Å². The first-order valence-electron chi connectivity index (χ1n) is 4.53. The molecule has 4 nitrogen and oxygen atoms in total. The standard InChI is InChI=1S/C10H13NO3/c1-3-6-14-10(13)11-5-4-9(12)8(2)7-11/h1,8H,4-7H2,2H3. The summed E-state index contributed by atoms with van der Waals surface area (Å²) in [5, 5.41) is 0. The number of hydrogen-bond donors (Lipinski definition) is 0. The van der Waals surface area contributed by atoms with Crippen molar-refractivity contribution in [2.24, 2.45) is 5.92 Å². The molecular weight excluding hydrogens is 182 g/mol. The van der Waals surface area contributed by atoms with E-state index in [9.17, 15) is 9.59 Å². The van der Waals surface area contributed by atoms with Gasteiger partial charge in [0.15, 0.2) is 6.61 Å². The highest BCUT2D eigenvalue weighted by molar-refractivity contribution is 5.83. The minimum Gasteiger partial charge on any atom is -0.436 e. The van der Waals surface area contributed by atoms with Gasteiger partial charge in [-0.1, -0.05) is 12.8 Å². The number of hydrogen-bond acceptors (Lipinski definition) is 3. The molecule has 0 aromatic carbocycles. The van der Waals surface area contributed by atoms with Gasteiger partial charge in [0.25, 0.3) is 0 Å². The quantitative estimate of drug-likeness (QED) is 0.578. The number of ketones is 1. The fourth-order valence-electron chi connectivity index (χ4n) is 1.38. The lowest BCUT2D eigenvalue weighted by atomic mass is 9.99. The molecule has 1 fully saturated rings. The molecular formula is C10H13NO3. The molecule has 1 unspecified atom stereocenters. The molecule has 76 valence electrons. The molecule has 0 spiro atoms. The van der Waals surface area contributed by atoms with E-state index in [-0.39, 0.29) is 18.3 Å². The number of rotatable bonds is 1. The normalized spacial score (nSPS) is 21.6. The van der Waals surface area contributed by atoms with E-state index in [0.29, 0.717) is 19.5 Å². The van der Waals surface area contributed by atoms with Crippen LogP contribution in [0.25, 0.3) is 0 Å². The SMILES string of the molecule is C#CCOC(=O)N1CCC(=O)C(C)C1. The molecule has 1 rings (SSSR count). The molecule has 1 aliphatic heterocycles. The van der Waals surface area contributed by atoms with Gasteiger partial charge in [-0.2, -0.15) is 0 Å². The van der Waals surface area contributed by atoms with Crippen molar-refractivity contribution in [2.45, 2.75) is 13.3 Å². The molecule has 1 aliphatic rings. The van der Waals surface area contributed by atoms with E-state index < -0.39 is 6.09 Å². The van der Waals surface area contributed by atoms with Crippen LogP contribution in [0.3, 0.4) is 0 Å². The second kappa shape index (κ2) is 4.66. The summed E-state index contributed by atoms with van der Waals surface area (Å²) >= 11 is 0. The summed E-state index contributed by atoms with van der Waals surface area (Å²) in [6.45, 7) is 2.66. The Labute approximate surface area is 83.2 Å². The van der Waals surface area contributed by atoms with Crippen molar-refractivity contribution in [1.82, 2.24) is 4.90 Å². The van der Waals surface area contributed by atoms with Gasteiger partial charge in [0.2, 0.25) is 0 Å². The Morgan fingerprint density at radius 3 is 3.07 bits per heavy atom. The van der Waals surface area contributed by atoms with Crippen LogP contribution in [-0.4, -0.2) is 36.5 Å². The molecule has 14 heavy (non-hydrogen) atoms. The third-order valence-electron chi connectivity index (χ3n) is 2.21. The van der Waals surface area contributed by atoms with Gasteiger partial charge in [-0.25, -0.2) is 4.79 Å². The third-order valence-corrected chi connectivity index (χ3v) is 2.21. The van der Waals surface area contributed by atoms with Crippen LogP contribution in [0.5, 0.6) is 0 Å². The van der Waals surface area contributed by atoms with E-state index >= 15 is 0 Å². The average molecular weight is 195 g/mol. The van der Waals surface area contributed by atoms with Crippen molar-refractivity contribution in [1.29, 1.82) is 0 Å². The predicted octanol–water partition coefficient (Wildman–Crippen LogP) is 0.667. The van der Waals surface area contributed by atoms with E-state index in [1.165, 1.54) is 4.90 Å². The molecule has 0 radical (unpaired) electrons. The number of likely N-dealkylation sites (tertiary alicyclic amines) is 1. The van der Waals surface area contributed by atoms with Crippen molar-refractivity contribution in [3.05, 3.63) is 0 Å². The number of piperidine rings is 1. The van der Waals surface area contributed by atoms with Gasteiger partial charge in [0.05, 0.1) is 0 Å². The third kappa shape index (κ3) is 2.49. The zero-order valence-corrected chi connectivity index (χ0v) is 8.16. The van der Waals surface area contributed by atoms with E-state index in [1.807, 2.05) is 6.92 Å². The molecule has 0 aliphatic carbocycles. The van der Waals surface area contributed by atoms with E-state index in [2.05, 4.69) is 5.92 Å². The van der Waals surface area contributed by atoms with Crippen LogP contribution in [-0.2, 0) is 9.53 Å². The van der Waals surface area contributed by atoms with Crippen molar-refractivity contribution in [3.63, 3.8) is 0 Å². The molecule has 4 heteroatoms. The number of terminal acetylenes is 1. The molecule has 0 bridgehead atoms. The monoisotopic (exact) mass is 195 g/mol. The minimum absolute atomic E-state index is 0.0162. The number of amides is 1. The Kier molecular flexibility index (Phi) is 3.52. The molecule has 1 atom stereocenters. The summed E-state index contributed by atoms with van der Waals surface area (Å²) in [4.78, 5) is 24.0. The Hall–Kier alpha value is -1.50. The summed E-state index contributed by atoms with van der Waals surface area (Å²) < 4.78 is 4.75. The topological polar surface area (TPSA) is 46.6 Å². The highest BCUT2D eigenvalue weighted by Gasteiger charge is 2.27. The summed E-state index contributed by atoms with van der Waals surface area (Å²) in [5.74, 6) is 2.33. The van der Waals surface area contributed by atoms with Crippen molar-refractivity contribution >= 4 is 11.9 Å². The zero-order valence-electron chi connectivity index (χ0n) is 8.16. The highest BCUT2D eigenvalue weighted by atomic mass is 16.6. The number of carbonyl (C=O) groups is 2. The second-order valence-electron chi connectivity index (χ2n) is 3.32. The second-order valence-corrected chi connectivity index (χ2v) is 3.32. The van der Waals surface area contributed by atoms with Gasteiger partial charge in [0.1, 0.15) is 5.78 Å². The van der Waals surface area contributed by atoms with Crippen LogP contribution in [0, 0.1) is 18.3 Å². The maximum absolute atomic E-state index is 11.3. The van der Waals surface area contributed by atoms with Crippen molar-refractivity contribution in [3.8, 4) is 12.3 Å². The summed E-state index contributed by atoms with van der Waals surface area (Å²) in [7, 11) is 0. The molecule has 1 heterocycles. The maximum Gasteiger partial charge on any atom is 0.410 e. The Morgan fingerprint density at radius 2 is 2.50 bits per heavy atom. The zero-order chi connectivity index (χ0) is 10.6.